The molecule has 0 bridgehead atoms. The fourth-order valence-electron chi connectivity index (χ4n) is 1.93. The summed E-state index contributed by atoms with van der Waals surface area (Å²) in [5, 5.41) is 0. The van der Waals surface area contributed by atoms with Crippen LogP contribution < -0.4 is 15.2 Å². The number of ether oxygens (including phenoxy) is 2. The van der Waals surface area contributed by atoms with Gasteiger partial charge in [-0.15, -0.1) is 0 Å². The van der Waals surface area contributed by atoms with Gasteiger partial charge in [0.1, 0.15) is 17.3 Å². The third-order valence-electron chi connectivity index (χ3n) is 3.06. The molecule has 0 amide bonds. The number of rotatable bonds is 4. The molecule has 5 nitrogen and oxygen atoms in total. The van der Waals surface area contributed by atoms with Crippen molar-refractivity contribution < 1.29 is 9.47 Å². The molecule has 0 radical (unpaired) electrons. The molecule has 112 valence electrons. The summed E-state index contributed by atoms with van der Waals surface area (Å²) in [6.45, 7) is 4.12. The molecule has 21 heavy (non-hydrogen) atoms. The van der Waals surface area contributed by atoms with Crippen LogP contribution in [0.3, 0.4) is 0 Å². The summed E-state index contributed by atoms with van der Waals surface area (Å²) in [5.74, 6) is 2.57. The first-order valence-electron chi connectivity index (χ1n) is 6.52. The first kappa shape index (κ1) is 15.6. The minimum absolute atomic E-state index is 0.232. The van der Waals surface area contributed by atoms with Gasteiger partial charge in [-0.1, -0.05) is 13.8 Å². The molecule has 1 aromatic carbocycles. The van der Waals surface area contributed by atoms with Crippen LogP contribution in [0, 0.1) is 0 Å². The molecule has 0 atom stereocenters. The average Bonchev–Trinajstić information content (AvgIpc) is 2.48. The summed E-state index contributed by atoms with van der Waals surface area (Å²) in [5.41, 5.74) is 7.65. The first-order valence-corrected chi connectivity index (χ1v) is 7.32. The Morgan fingerprint density at radius 1 is 1.05 bits per heavy atom. The van der Waals surface area contributed by atoms with Crippen molar-refractivity contribution in [1.29, 1.82) is 0 Å². The number of nitrogen functional groups attached to an aromatic ring is 1. The zero-order chi connectivity index (χ0) is 15.6. The van der Waals surface area contributed by atoms with Crippen molar-refractivity contribution in [3.05, 3.63) is 28.4 Å². The van der Waals surface area contributed by atoms with E-state index in [4.69, 9.17) is 15.2 Å². The highest BCUT2D eigenvalue weighted by atomic mass is 79.9. The first-order chi connectivity index (χ1) is 9.96. The Kier molecular flexibility index (Phi) is 4.67. The van der Waals surface area contributed by atoms with Crippen molar-refractivity contribution in [1.82, 2.24) is 9.97 Å². The van der Waals surface area contributed by atoms with Crippen LogP contribution in [0.5, 0.6) is 11.5 Å². The monoisotopic (exact) mass is 351 g/mol. The normalized spacial score (nSPS) is 10.8. The Morgan fingerprint density at radius 2 is 1.62 bits per heavy atom. The van der Waals surface area contributed by atoms with Crippen LogP contribution in [-0.2, 0) is 0 Å². The largest absolute Gasteiger partial charge is 0.497 e. The van der Waals surface area contributed by atoms with E-state index < -0.39 is 0 Å². The van der Waals surface area contributed by atoms with Crippen LogP contribution in [0.4, 0.5) is 5.82 Å². The molecular formula is C15H18BrN3O2. The molecule has 2 aromatic rings. The Bertz CT molecular complexity index is 637. The molecule has 0 saturated carbocycles. The van der Waals surface area contributed by atoms with Gasteiger partial charge in [0.05, 0.1) is 24.4 Å². The predicted molar refractivity (Wildman–Crippen MR) is 86.8 cm³/mol. The highest BCUT2D eigenvalue weighted by Gasteiger charge is 2.15. The summed E-state index contributed by atoms with van der Waals surface area (Å²) < 4.78 is 11.3. The maximum Gasteiger partial charge on any atom is 0.162 e. The number of hydrogen-bond donors (Lipinski definition) is 1. The zero-order valence-electron chi connectivity index (χ0n) is 12.5. The number of methoxy groups -OCH3 is 2. The smallest absolute Gasteiger partial charge is 0.162 e. The number of aromatic nitrogens is 2. The summed E-state index contributed by atoms with van der Waals surface area (Å²) in [6, 6.07) is 5.51. The Hall–Kier alpha value is -1.82. The summed E-state index contributed by atoms with van der Waals surface area (Å²) >= 11 is 3.44. The average molecular weight is 352 g/mol. The van der Waals surface area contributed by atoms with Gasteiger partial charge in [-0.05, 0) is 34.0 Å². The van der Waals surface area contributed by atoms with E-state index in [0.29, 0.717) is 23.1 Å². The molecule has 0 unspecified atom stereocenters. The quantitative estimate of drug-likeness (QED) is 0.910. The van der Waals surface area contributed by atoms with Crippen molar-refractivity contribution in [2.24, 2.45) is 0 Å². The topological polar surface area (TPSA) is 70.3 Å². The molecule has 6 heteroatoms. The number of nitrogens with two attached hydrogens (primary N) is 1. The number of hydrogen-bond acceptors (Lipinski definition) is 5. The van der Waals surface area contributed by atoms with Crippen molar-refractivity contribution in [2.75, 3.05) is 20.0 Å². The van der Waals surface area contributed by atoms with Gasteiger partial charge in [0.15, 0.2) is 5.82 Å². The van der Waals surface area contributed by atoms with E-state index >= 15 is 0 Å². The number of anilines is 1. The minimum atomic E-state index is 0.232. The van der Waals surface area contributed by atoms with Gasteiger partial charge >= 0.3 is 0 Å². The fourth-order valence-corrected chi connectivity index (χ4v) is 2.57. The number of nitrogens with zero attached hydrogens (tertiary/aromatic N) is 2. The molecule has 0 aliphatic carbocycles. The van der Waals surface area contributed by atoms with Crippen LogP contribution in [0.15, 0.2) is 22.7 Å². The van der Waals surface area contributed by atoms with Gasteiger partial charge in [0.2, 0.25) is 0 Å². The molecule has 2 N–H and O–H groups in total. The third kappa shape index (κ3) is 3.26. The van der Waals surface area contributed by atoms with Crippen LogP contribution in [0.2, 0.25) is 0 Å². The van der Waals surface area contributed by atoms with Crippen molar-refractivity contribution in [3.8, 4) is 22.9 Å². The second-order valence-electron chi connectivity index (χ2n) is 4.89. The molecule has 0 saturated heterocycles. The van der Waals surface area contributed by atoms with Crippen molar-refractivity contribution >= 4 is 21.7 Å². The third-order valence-corrected chi connectivity index (χ3v) is 3.87. The van der Waals surface area contributed by atoms with Gasteiger partial charge in [0, 0.05) is 11.6 Å². The van der Waals surface area contributed by atoms with Gasteiger partial charge < -0.3 is 15.2 Å². The van der Waals surface area contributed by atoms with E-state index in [1.165, 1.54) is 0 Å². The van der Waals surface area contributed by atoms with E-state index in [2.05, 4.69) is 39.7 Å². The second-order valence-corrected chi connectivity index (χ2v) is 5.68. The lowest BCUT2D eigenvalue weighted by Crippen LogP contribution is -2.04. The van der Waals surface area contributed by atoms with Gasteiger partial charge in [-0.3, -0.25) is 0 Å². The lowest BCUT2D eigenvalue weighted by atomic mass is 10.1. The highest BCUT2D eigenvalue weighted by Crippen LogP contribution is 2.32. The van der Waals surface area contributed by atoms with Crippen LogP contribution in [-0.4, -0.2) is 24.2 Å². The summed E-state index contributed by atoms with van der Waals surface area (Å²) in [6.07, 6.45) is 0. The molecule has 1 aromatic heterocycles. The zero-order valence-corrected chi connectivity index (χ0v) is 14.1. The van der Waals surface area contributed by atoms with E-state index in [1.807, 2.05) is 12.1 Å². The molecule has 0 fully saturated rings. The maximum atomic E-state index is 5.98. The molecule has 0 spiro atoms. The maximum absolute atomic E-state index is 5.98. The van der Waals surface area contributed by atoms with Crippen LogP contribution >= 0.6 is 15.9 Å². The molecular weight excluding hydrogens is 334 g/mol. The van der Waals surface area contributed by atoms with Crippen LogP contribution in [0.1, 0.15) is 25.5 Å². The number of benzene rings is 1. The van der Waals surface area contributed by atoms with E-state index in [9.17, 15) is 0 Å². The lowest BCUT2D eigenvalue weighted by Gasteiger charge is -2.13. The molecule has 1 heterocycles. The SMILES string of the molecule is COc1cc(OC)cc(-c2nc(N)c(Br)c(C(C)C)n2)c1. The minimum Gasteiger partial charge on any atom is -0.497 e. The van der Waals surface area contributed by atoms with E-state index in [-0.39, 0.29) is 5.92 Å². The van der Waals surface area contributed by atoms with Gasteiger partial charge in [-0.25, -0.2) is 9.97 Å². The van der Waals surface area contributed by atoms with Crippen LogP contribution in [0.25, 0.3) is 11.4 Å². The molecule has 0 aliphatic rings. The van der Waals surface area contributed by atoms with Gasteiger partial charge in [-0.2, -0.15) is 0 Å². The Labute approximate surface area is 132 Å². The van der Waals surface area contributed by atoms with Crippen molar-refractivity contribution in [2.45, 2.75) is 19.8 Å². The summed E-state index contributed by atoms with van der Waals surface area (Å²) in [7, 11) is 3.21. The second kappa shape index (κ2) is 6.30. The number of halogens is 1. The Balaban J connectivity index is 2.61. The Morgan fingerprint density at radius 3 is 2.10 bits per heavy atom. The summed E-state index contributed by atoms with van der Waals surface area (Å²) in [4.78, 5) is 8.95. The predicted octanol–water partition coefficient (Wildman–Crippen LogP) is 3.63. The lowest BCUT2D eigenvalue weighted by molar-refractivity contribution is 0.394. The van der Waals surface area contributed by atoms with Gasteiger partial charge in [0.25, 0.3) is 0 Å². The highest BCUT2D eigenvalue weighted by molar-refractivity contribution is 9.10. The standard InChI is InChI=1S/C15H18BrN3O2/c1-8(2)13-12(16)14(17)19-15(18-13)9-5-10(20-3)7-11(6-9)21-4/h5-8H,1-4H3,(H2,17,18,19). The van der Waals surface area contributed by atoms with E-state index in [0.717, 1.165) is 15.7 Å². The molecule has 0 aliphatic heterocycles. The fraction of sp³-hybridized carbons (Fsp3) is 0.333. The van der Waals surface area contributed by atoms with Crippen molar-refractivity contribution in [3.63, 3.8) is 0 Å². The molecule has 2 rings (SSSR count). The van der Waals surface area contributed by atoms with E-state index in [1.54, 1.807) is 20.3 Å².